The Labute approximate surface area is 158 Å². The van der Waals surface area contributed by atoms with Crippen LogP contribution in [0.25, 0.3) is 0 Å². The highest BCUT2D eigenvalue weighted by atomic mass is 32.2. The van der Waals surface area contributed by atoms with Gasteiger partial charge in [-0.1, -0.05) is 23.5 Å². The number of carbonyl (C=O) groups excluding carboxylic acids is 2. The van der Waals surface area contributed by atoms with E-state index in [1.54, 1.807) is 12.1 Å². The fraction of sp³-hybridized carbons (Fsp3) is 0.222. The number of sulfonamides is 1. The van der Waals surface area contributed by atoms with E-state index in [1.807, 2.05) is 19.1 Å². The van der Waals surface area contributed by atoms with E-state index in [0.29, 0.717) is 10.0 Å². The van der Waals surface area contributed by atoms with Crippen LogP contribution in [0.5, 0.6) is 0 Å². The zero-order valence-electron chi connectivity index (χ0n) is 15.2. The van der Waals surface area contributed by atoms with E-state index in [1.165, 1.54) is 38.4 Å². The highest BCUT2D eigenvalue weighted by Crippen LogP contribution is 2.15. The van der Waals surface area contributed by atoms with Crippen LogP contribution < -0.4 is 10.9 Å². The lowest BCUT2D eigenvalue weighted by Crippen LogP contribution is -2.41. The average molecular weight is 391 g/mol. The van der Waals surface area contributed by atoms with E-state index in [4.69, 9.17) is 0 Å². The molecule has 9 heteroatoms. The lowest BCUT2D eigenvalue weighted by atomic mass is 10.1. The van der Waals surface area contributed by atoms with Gasteiger partial charge in [-0.15, -0.1) is 0 Å². The van der Waals surface area contributed by atoms with Crippen LogP contribution in [0.1, 0.15) is 33.2 Å². The zero-order valence-corrected chi connectivity index (χ0v) is 16.0. The molecule has 0 bridgehead atoms. The molecule has 0 heterocycles. The Hall–Kier alpha value is -2.75. The maximum Gasteiger partial charge on any atom is 0.269 e. The molecular formula is C18H21N3O5S. The second-order valence-corrected chi connectivity index (χ2v) is 7.52. The predicted molar refractivity (Wildman–Crippen MR) is 99.2 cm³/mol. The van der Waals surface area contributed by atoms with Crippen molar-refractivity contribution in [1.29, 1.82) is 0 Å². The molecular weight excluding hydrogens is 370 g/mol. The third-order valence-corrected chi connectivity index (χ3v) is 5.62. The summed E-state index contributed by atoms with van der Waals surface area (Å²) in [6, 6.07) is 12.3. The molecule has 0 radical (unpaired) electrons. The number of hydrogen-bond acceptors (Lipinski definition) is 5. The molecule has 0 saturated carbocycles. The van der Waals surface area contributed by atoms with Gasteiger partial charge in [-0.3, -0.25) is 25.3 Å². The molecule has 2 aromatic rings. The summed E-state index contributed by atoms with van der Waals surface area (Å²) in [5, 5.41) is 0. The Bertz CT molecular complexity index is 909. The van der Waals surface area contributed by atoms with Crippen molar-refractivity contribution in [2.24, 2.45) is 0 Å². The van der Waals surface area contributed by atoms with Crippen LogP contribution >= 0.6 is 0 Å². The highest BCUT2D eigenvalue weighted by molar-refractivity contribution is 7.89. The van der Waals surface area contributed by atoms with E-state index >= 15 is 0 Å². The van der Waals surface area contributed by atoms with Crippen LogP contribution in [0.2, 0.25) is 0 Å². The van der Waals surface area contributed by atoms with Gasteiger partial charge in [0, 0.05) is 18.2 Å². The topological polar surface area (TPSA) is 105 Å². The summed E-state index contributed by atoms with van der Waals surface area (Å²) in [5.74, 6) is -1.02. The first-order valence-electron chi connectivity index (χ1n) is 8.12. The SMILES string of the molecule is CCc1ccc(C(=O)NNC(=O)c2ccc(S(=O)(=O)N(C)OC)cc2)cc1. The van der Waals surface area contributed by atoms with E-state index in [2.05, 4.69) is 15.7 Å². The largest absolute Gasteiger partial charge is 0.288 e. The lowest BCUT2D eigenvalue weighted by Gasteiger charge is -2.14. The van der Waals surface area contributed by atoms with Crippen LogP contribution in [0.4, 0.5) is 0 Å². The molecule has 0 aliphatic carbocycles. The minimum Gasteiger partial charge on any atom is -0.288 e. The van der Waals surface area contributed by atoms with Crippen molar-refractivity contribution < 1.29 is 22.8 Å². The van der Waals surface area contributed by atoms with Crippen molar-refractivity contribution in [1.82, 2.24) is 15.3 Å². The molecule has 27 heavy (non-hydrogen) atoms. The molecule has 0 saturated heterocycles. The van der Waals surface area contributed by atoms with Gasteiger partial charge in [0.05, 0.1) is 12.0 Å². The van der Waals surface area contributed by atoms with Gasteiger partial charge in [-0.05, 0) is 48.4 Å². The van der Waals surface area contributed by atoms with E-state index in [-0.39, 0.29) is 10.5 Å². The summed E-state index contributed by atoms with van der Waals surface area (Å²) in [4.78, 5) is 28.8. The summed E-state index contributed by atoms with van der Waals surface area (Å²) in [6.45, 7) is 2.01. The molecule has 144 valence electrons. The van der Waals surface area contributed by atoms with Gasteiger partial charge >= 0.3 is 0 Å². The quantitative estimate of drug-likeness (QED) is 0.726. The fourth-order valence-corrected chi connectivity index (χ4v) is 3.15. The van der Waals surface area contributed by atoms with Crippen molar-refractivity contribution in [3.63, 3.8) is 0 Å². The normalized spacial score (nSPS) is 11.3. The Balaban J connectivity index is 2.00. The number of hydrogen-bond donors (Lipinski definition) is 2. The summed E-state index contributed by atoms with van der Waals surface area (Å²) < 4.78 is 24.9. The Kier molecular flexibility index (Phi) is 6.67. The molecule has 0 fully saturated rings. The van der Waals surface area contributed by atoms with Crippen LogP contribution in [0, 0.1) is 0 Å². The third-order valence-electron chi connectivity index (χ3n) is 3.92. The first kappa shape index (κ1) is 20.6. The monoisotopic (exact) mass is 391 g/mol. The molecule has 0 unspecified atom stereocenters. The van der Waals surface area contributed by atoms with Gasteiger partial charge in [0.1, 0.15) is 0 Å². The molecule has 2 aromatic carbocycles. The summed E-state index contributed by atoms with van der Waals surface area (Å²) in [6.07, 6.45) is 0.866. The number of hydroxylamine groups is 1. The Morgan fingerprint density at radius 3 is 1.78 bits per heavy atom. The van der Waals surface area contributed by atoms with Gasteiger partial charge in [-0.25, -0.2) is 8.42 Å². The number of nitrogens with one attached hydrogen (secondary N) is 2. The van der Waals surface area contributed by atoms with Gasteiger partial charge in [-0.2, -0.15) is 0 Å². The summed E-state index contributed by atoms with van der Waals surface area (Å²) in [7, 11) is -1.29. The standard InChI is InChI=1S/C18H21N3O5S/c1-4-13-5-7-14(8-6-13)17(22)19-20-18(23)15-9-11-16(12-10-15)27(24,25)21(2)26-3/h5-12H,4H2,1-3H3,(H,19,22)(H,20,23). The van der Waals surface area contributed by atoms with Crippen LogP contribution in [0.3, 0.4) is 0 Å². The first-order valence-corrected chi connectivity index (χ1v) is 9.56. The number of benzene rings is 2. The lowest BCUT2D eigenvalue weighted by molar-refractivity contribution is -0.0258. The van der Waals surface area contributed by atoms with Crippen molar-refractivity contribution in [2.45, 2.75) is 18.2 Å². The summed E-state index contributed by atoms with van der Waals surface area (Å²) in [5.41, 5.74) is 6.32. The Morgan fingerprint density at radius 2 is 1.37 bits per heavy atom. The molecule has 0 aromatic heterocycles. The maximum atomic E-state index is 12.1. The average Bonchev–Trinajstić information content (AvgIpc) is 2.71. The number of hydrazine groups is 1. The van der Waals surface area contributed by atoms with Gasteiger partial charge in [0.15, 0.2) is 0 Å². The van der Waals surface area contributed by atoms with Gasteiger partial charge in [0.25, 0.3) is 21.8 Å². The van der Waals surface area contributed by atoms with Crippen molar-refractivity contribution in [2.75, 3.05) is 14.2 Å². The van der Waals surface area contributed by atoms with Crippen molar-refractivity contribution in [3.05, 3.63) is 65.2 Å². The van der Waals surface area contributed by atoms with Gasteiger partial charge in [0.2, 0.25) is 0 Å². The molecule has 0 aliphatic heterocycles. The second kappa shape index (κ2) is 8.76. The smallest absolute Gasteiger partial charge is 0.269 e. The number of aryl methyl sites for hydroxylation is 1. The maximum absolute atomic E-state index is 12.1. The van der Waals surface area contributed by atoms with Crippen molar-refractivity contribution in [3.8, 4) is 0 Å². The molecule has 0 aliphatic rings. The van der Waals surface area contributed by atoms with Crippen molar-refractivity contribution >= 4 is 21.8 Å². The molecule has 0 atom stereocenters. The minimum atomic E-state index is -3.79. The first-order chi connectivity index (χ1) is 12.8. The molecule has 2 rings (SSSR count). The van der Waals surface area contributed by atoms with Crippen LogP contribution in [-0.2, 0) is 21.3 Å². The number of nitrogens with zero attached hydrogens (tertiary/aromatic N) is 1. The predicted octanol–water partition coefficient (Wildman–Crippen LogP) is 1.51. The van der Waals surface area contributed by atoms with E-state index in [9.17, 15) is 18.0 Å². The van der Waals surface area contributed by atoms with Gasteiger partial charge < -0.3 is 0 Å². The molecule has 2 N–H and O–H groups in total. The second-order valence-electron chi connectivity index (χ2n) is 5.58. The number of carbonyl (C=O) groups is 2. The zero-order chi connectivity index (χ0) is 20.0. The van der Waals surface area contributed by atoms with E-state index in [0.717, 1.165) is 12.0 Å². The molecule has 0 spiro atoms. The highest BCUT2D eigenvalue weighted by Gasteiger charge is 2.21. The van der Waals surface area contributed by atoms with Crippen LogP contribution in [-0.4, -0.2) is 38.9 Å². The number of rotatable bonds is 6. The third kappa shape index (κ3) is 4.91. The Morgan fingerprint density at radius 1 is 0.926 bits per heavy atom. The summed E-state index contributed by atoms with van der Waals surface area (Å²) >= 11 is 0. The minimum absolute atomic E-state index is 0.0246. The number of amides is 2. The molecule has 2 amide bonds. The van der Waals surface area contributed by atoms with E-state index < -0.39 is 21.8 Å². The molecule has 8 nitrogen and oxygen atoms in total. The fourth-order valence-electron chi connectivity index (χ4n) is 2.17. The van der Waals surface area contributed by atoms with Crippen LogP contribution in [0.15, 0.2) is 53.4 Å².